The molecule has 0 amide bonds. The van der Waals surface area contributed by atoms with Gasteiger partial charge in [0, 0.05) is 11.1 Å². The van der Waals surface area contributed by atoms with E-state index in [1.54, 1.807) is 6.20 Å². The number of para-hydroxylation sites is 2. The molecule has 106 valence electrons. The number of nitrogens with two attached hydrogens (primary N) is 1. The molecule has 1 aromatic heterocycles. The zero-order valence-electron chi connectivity index (χ0n) is 12.1. The molecule has 3 aromatic rings. The van der Waals surface area contributed by atoms with Crippen molar-refractivity contribution in [3.8, 4) is 0 Å². The molecule has 3 N–H and O–H groups in total. The zero-order chi connectivity index (χ0) is 14.7. The first-order chi connectivity index (χ1) is 10.3. The standard InChI is InChI=1S/C18H19N3/c1-2-7-13-8-3-5-10-16(13)21-18-14-9-4-6-11-17(14)20-12-15(18)19/h3-6,8-12H,2,7,19H2,1H3,(H,20,21). The molecule has 3 heteroatoms. The average molecular weight is 277 g/mol. The van der Waals surface area contributed by atoms with Crippen LogP contribution in [0.4, 0.5) is 17.1 Å². The topological polar surface area (TPSA) is 50.9 Å². The SMILES string of the molecule is CCCc1ccccc1Nc1c(N)cnc2ccccc12. The third-order valence-electron chi connectivity index (χ3n) is 3.60. The van der Waals surface area contributed by atoms with E-state index in [-0.39, 0.29) is 0 Å². The molecule has 0 aliphatic carbocycles. The number of pyridine rings is 1. The number of rotatable bonds is 4. The Morgan fingerprint density at radius 3 is 2.67 bits per heavy atom. The highest BCUT2D eigenvalue weighted by Crippen LogP contribution is 2.31. The number of nitrogens with zero attached hydrogens (tertiary/aromatic N) is 1. The first-order valence-corrected chi connectivity index (χ1v) is 7.27. The largest absolute Gasteiger partial charge is 0.396 e. The van der Waals surface area contributed by atoms with Crippen molar-refractivity contribution in [3.63, 3.8) is 0 Å². The van der Waals surface area contributed by atoms with Gasteiger partial charge in [0.05, 0.1) is 23.1 Å². The van der Waals surface area contributed by atoms with Crippen molar-refractivity contribution in [2.75, 3.05) is 11.1 Å². The van der Waals surface area contributed by atoms with Gasteiger partial charge in [0.15, 0.2) is 0 Å². The van der Waals surface area contributed by atoms with E-state index in [1.165, 1.54) is 5.56 Å². The van der Waals surface area contributed by atoms with Gasteiger partial charge in [0.1, 0.15) is 0 Å². The van der Waals surface area contributed by atoms with Crippen molar-refractivity contribution in [2.24, 2.45) is 0 Å². The molecule has 2 aromatic carbocycles. The van der Waals surface area contributed by atoms with Crippen LogP contribution < -0.4 is 11.1 Å². The first kappa shape index (κ1) is 13.4. The number of hydrogen-bond donors (Lipinski definition) is 2. The van der Waals surface area contributed by atoms with Gasteiger partial charge in [-0.1, -0.05) is 49.7 Å². The number of benzene rings is 2. The Labute approximate surface area is 124 Å². The van der Waals surface area contributed by atoms with Gasteiger partial charge < -0.3 is 11.1 Å². The maximum absolute atomic E-state index is 6.13. The van der Waals surface area contributed by atoms with Gasteiger partial charge in [-0.2, -0.15) is 0 Å². The third-order valence-corrected chi connectivity index (χ3v) is 3.60. The van der Waals surface area contributed by atoms with E-state index >= 15 is 0 Å². The monoisotopic (exact) mass is 277 g/mol. The summed E-state index contributed by atoms with van der Waals surface area (Å²) in [6, 6.07) is 16.4. The second-order valence-electron chi connectivity index (χ2n) is 5.14. The lowest BCUT2D eigenvalue weighted by Crippen LogP contribution is -2.01. The van der Waals surface area contributed by atoms with Crippen LogP contribution in [-0.4, -0.2) is 4.98 Å². The van der Waals surface area contributed by atoms with Gasteiger partial charge in [-0.05, 0) is 24.1 Å². The fourth-order valence-corrected chi connectivity index (χ4v) is 2.56. The van der Waals surface area contributed by atoms with Crippen molar-refractivity contribution in [1.29, 1.82) is 0 Å². The Balaban J connectivity index is 2.08. The number of aryl methyl sites for hydroxylation is 1. The minimum absolute atomic E-state index is 0.667. The molecule has 0 aliphatic heterocycles. The van der Waals surface area contributed by atoms with Gasteiger partial charge in [-0.3, -0.25) is 4.98 Å². The number of fused-ring (bicyclic) bond motifs is 1. The van der Waals surface area contributed by atoms with E-state index in [1.807, 2.05) is 30.3 Å². The van der Waals surface area contributed by atoms with Gasteiger partial charge in [-0.25, -0.2) is 0 Å². The lowest BCUT2D eigenvalue weighted by Gasteiger charge is -2.15. The Morgan fingerprint density at radius 1 is 1.05 bits per heavy atom. The summed E-state index contributed by atoms with van der Waals surface area (Å²) in [6.07, 6.45) is 3.88. The summed E-state index contributed by atoms with van der Waals surface area (Å²) in [4.78, 5) is 4.38. The molecule has 0 atom stereocenters. The molecule has 0 aliphatic rings. The van der Waals surface area contributed by atoms with Crippen molar-refractivity contribution < 1.29 is 0 Å². The molecule has 0 fully saturated rings. The maximum Gasteiger partial charge on any atom is 0.0746 e. The highest BCUT2D eigenvalue weighted by Gasteiger charge is 2.08. The van der Waals surface area contributed by atoms with E-state index in [4.69, 9.17) is 5.73 Å². The van der Waals surface area contributed by atoms with E-state index in [9.17, 15) is 0 Å². The predicted molar refractivity (Wildman–Crippen MR) is 89.9 cm³/mol. The van der Waals surface area contributed by atoms with Crippen molar-refractivity contribution >= 4 is 28.0 Å². The van der Waals surface area contributed by atoms with E-state index in [0.717, 1.165) is 35.1 Å². The Kier molecular flexibility index (Phi) is 3.73. The lowest BCUT2D eigenvalue weighted by molar-refractivity contribution is 0.923. The lowest BCUT2D eigenvalue weighted by atomic mass is 10.1. The normalized spacial score (nSPS) is 10.7. The van der Waals surface area contributed by atoms with Gasteiger partial charge in [0.2, 0.25) is 0 Å². The summed E-state index contributed by atoms with van der Waals surface area (Å²) >= 11 is 0. The van der Waals surface area contributed by atoms with Crippen molar-refractivity contribution in [3.05, 3.63) is 60.3 Å². The van der Waals surface area contributed by atoms with Crippen LogP contribution in [0.3, 0.4) is 0 Å². The minimum Gasteiger partial charge on any atom is -0.396 e. The molecule has 0 spiro atoms. The van der Waals surface area contributed by atoms with Crippen LogP contribution in [0.5, 0.6) is 0 Å². The van der Waals surface area contributed by atoms with Crippen LogP contribution >= 0.6 is 0 Å². The Morgan fingerprint density at radius 2 is 1.81 bits per heavy atom. The highest BCUT2D eigenvalue weighted by molar-refractivity contribution is 5.98. The van der Waals surface area contributed by atoms with Gasteiger partial charge in [0.25, 0.3) is 0 Å². The number of nitrogens with one attached hydrogen (secondary N) is 1. The molecule has 0 saturated heterocycles. The number of anilines is 3. The summed E-state index contributed by atoms with van der Waals surface area (Å²) in [5, 5.41) is 4.55. The fourth-order valence-electron chi connectivity index (χ4n) is 2.56. The smallest absolute Gasteiger partial charge is 0.0746 e. The van der Waals surface area contributed by atoms with Crippen LogP contribution in [0.15, 0.2) is 54.7 Å². The number of hydrogen-bond acceptors (Lipinski definition) is 3. The molecule has 3 nitrogen and oxygen atoms in total. The fraction of sp³-hybridized carbons (Fsp3) is 0.167. The second-order valence-corrected chi connectivity index (χ2v) is 5.14. The molecular weight excluding hydrogens is 258 g/mol. The Hall–Kier alpha value is -2.55. The summed E-state index contributed by atoms with van der Waals surface area (Å²) < 4.78 is 0. The third kappa shape index (κ3) is 2.68. The summed E-state index contributed by atoms with van der Waals surface area (Å²) in [7, 11) is 0. The summed E-state index contributed by atoms with van der Waals surface area (Å²) in [6.45, 7) is 2.19. The van der Waals surface area contributed by atoms with Crippen LogP contribution in [0.1, 0.15) is 18.9 Å². The van der Waals surface area contributed by atoms with E-state index in [2.05, 4.69) is 35.4 Å². The molecular formula is C18H19N3. The van der Waals surface area contributed by atoms with Crippen molar-refractivity contribution in [2.45, 2.75) is 19.8 Å². The predicted octanol–water partition coefficient (Wildman–Crippen LogP) is 4.51. The molecule has 21 heavy (non-hydrogen) atoms. The van der Waals surface area contributed by atoms with Crippen LogP contribution in [0.2, 0.25) is 0 Å². The van der Waals surface area contributed by atoms with E-state index < -0.39 is 0 Å². The molecule has 3 rings (SSSR count). The van der Waals surface area contributed by atoms with Gasteiger partial charge in [-0.15, -0.1) is 0 Å². The summed E-state index contributed by atoms with van der Waals surface area (Å²) in [5.74, 6) is 0. The quantitative estimate of drug-likeness (QED) is 0.737. The first-order valence-electron chi connectivity index (χ1n) is 7.27. The maximum atomic E-state index is 6.13. The summed E-state index contributed by atoms with van der Waals surface area (Å²) in [5.41, 5.74) is 11.1. The van der Waals surface area contributed by atoms with Gasteiger partial charge >= 0.3 is 0 Å². The zero-order valence-corrected chi connectivity index (χ0v) is 12.1. The highest BCUT2D eigenvalue weighted by atomic mass is 14.9. The minimum atomic E-state index is 0.667. The molecule has 1 heterocycles. The van der Waals surface area contributed by atoms with Crippen LogP contribution in [0, 0.1) is 0 Å². The molecule has 0 bridgehead atoms. The molecule has 0 saturated carbocycles. The average Bonchev–Trinajstić information content (AvgIpc) is 2.52. The number of nitrogen functional groups attached to an aromatic ring is 1. The van der Waals surface area contributed by atoms with E-state index in [0.29, 0.717) is 5.69 Å². The molecule has 0 unspecified atom stereocenters. The second kappa shape index (κ2) is 5.83. The Bertz CT molecular complexity index is 765. The molecule has 0 radical (unpaired) electrons. The number of aromatic nitrogens is 1. The van der Waals surface area contributed by atoms with Crippen LogP contribution in [0.25, 0.3) is 10.9 Å². The van der Waals surface area contributed by atoms with Crippen molar-refractivity contribution in [1.82, 2.24) is 4.98 Å². The van der Waals surface area contributed by atoms with Crippen LogP contribution in [-0.2, 0) is 6.42 Å².